The highest BCUT2D eigenvalue weighted by Crippen LogP contribution is 2.54. The van der Waals surface area contributed by atoms with Gasteiger partial charge < -0.3 is 4.52 Å². The van der Waals surface area contributed by atoms with E-state index in [1.54, 1.807) is 0 Å². The smallest absolute Gasteiger partial charge is 0.122 e. The van der Waals surface area contributed by atoms with Crippen LogP contribution < -0.4 is 0 Å². The minimum absolute atomic E-state index is 0.114. The van der Waals surface area contributed by atoms with Crippen LogP contribution in [0.5, 0.6) is 0 Å². The SMILES string of the molecule is N=[PH](S)OC12CCC(CC1)C2. The summed E-state index contributed by atoms with van der Waals surface area (Å²) in [6.07, 6.45) is 6.23. The molecule has 0 aromatic rings. The van der Waals surface area contributed by atoms with Crippen molar-refractivity contribution in [3.63, 3.8) is 0 Å². The van der Waals surface area contributed by atoms with Crippen LogP contribution in [-0.4, -0.2) is 5.60 Å². The molecular formula is C7H14NOPS. The highest BCUT2D eigenvalue weighted by Gasteiger charge is 2.46. The van der Waals surface area contributed by atoms with Crippen molar-refractivity contribution in [2.75, 3.05) is 0 Å². The van der Waals surface area contributed by atoms with Gasteiger partial charge in [-0.05, 0) is 38.0 Å². The Morgan fingerprint density at radius 2 is 2.09 bits per heavy atom. The number of nitrogens with one attached hydrogen (secondary N) is 1. The van der Waals surface area contributed by atoms with Crippen LogP contribution in [0.25, 0.3) is 0 Å². The third-order valence-electron chi connectivity index (χ3n) is 2.99. The molecule has 2 nitrogen and oxygen atoms in total. The molecule has 0 radical (unpaired) electrons. The fourth-order valence-corrected chi connectivity index (χ4v) is 3.77. The number of hydrogen-bond donors (Lipinski definition) is 2. The average molecular weight is 191 g/mol. The van der Waals surface area contributed by atoms with Gasteiger partial charge in [0.25, 0.3) is 0 Å². The van der Waals surface area contributed by atoms with Gasteiger partial charge in [-0.2, -0.15) is 0 Å². The van der Waals surface area contributed by atoms with E-state index < -0.39 is 7.14 Å². The van der Waals surface area contributed by atoms with Crippen LogP contribution in [0, 0.1) is 11.1 Å². The lowest BCUT2D eigenvalue weighted by Gasteiger charge is -2.26. The summed E-state index contributed by atoms with van der Waals surface area (Å²) in [7, 11) is -1.52. The van der Waals surface area contributed by atoms with Crippen molar-refractivity contribution >= 4 is 19.4 Å². The first-order chi connectivity index (χ1) is 5.20. The lowest BCUT2D eigenvalue weighted by molar-refractivity contribution is 0.102. The number of fused-ring (bicyclic) bond motifs is 2. The first-order valence-corrected chi connectivity index (χ1v) is 6.86. The molecule has 2 saturated carbocycles. The molecule has 2 aliphatic carbocycles. The Bertz CT molecular complexity index is 189. The third kappa shape index (κ3) is 1.51. The van der Waals surface area contributed by atoms with Gasteiger partial charge >= 0.3 is 0 Å². The molecular weight excluding hydrogens is 177 g/mol. The van der Waals surface area contributed by atoms with E-state index in [0.29, 0.717) is 0 Å². The Kier molecular flexibility index (Phi) is 2.07. The van der Waals surface area contributed by atoms with E-state index in [9.17, 15) is 0 Å². The Balaban J connectivity index is 2.05. The summed E-state index contributed by atoms with van der Waals surface area (Å²) in [5.41, 5.74) is 0.114. The maximum atomic E-state index is 7.33. The molecule has 1 N–H and O–H groups in total. The minimum Gasteiger partial charge on any atom is -0.332 e. The summed E-state index contributed by atoms with van der Waals surface area (Å²) in [6.45, 7) is 0. The fourth-order valence-electron chi connectivity index (χ4n) is 2.49. The normalized spacial score (nSPS) is 44.6. The second-order valence-corrected chi connectivity index (χ2v) is 5.77. The summed E-state index contributed by atoms with van der Waals surface area (Å²) in [6, 6.07) is 0. The van der Waals surface area contributed by atoms with Gasteiger partial charge in [0.1, 0.15) is 7.14 Å². The molecule has 2 rings (SSSR count). The molecule has 0 heterocycles. The first-order valence-electron chi connectivity index (χ1n) is 4.17. The molecule has 0 aliphatic heterocycles. The van der Waals surface area contributed by atoms with E-state index >= 15 is 0 Å². The number of rotatable bonds is 2. The summed E-state index contributed by atoms with van der Waals surface area (Å²) in [5.74, 6) is 0.907. The van der Waals surface area contributed by atoms with E-state index in [4.69, 9.17) is 9.69 Å². The van der Waals surface area contributed by atoms with Gasteiger partial charge in [-0.15, -0.1) is 12.2 Å². The molecule has 0 aromatic heterocycles. The summed E-state index contributed by atoms with van der Waals surface area (Å²) < 4.78 is 5.62. The molecule has 0 aromatic carbocycles. The molecule has 2 aliphatic rings. The molecule has 64 valence electrons. The Hall–Kier alpha value is 0.540. The fraction of sp³-hybridized carbons (Fsp3) is 1.00. The van der Waals surface area contributed by atoms with E-state index in [1.165, 1.54) is 32.1 Å². The zero-order chi connectivity index (χ0) is 7.90. The predicted molar refractivity (Wildman–Crippen MR) is 50.4 cm³/mol. The minimum atomic E-state index is -1.52. The maximum absolute atomic E-state index is 7.33. The third-order valence-corrected chi connectivity index (χ3v) is 3.89. The highest BCUT2D eigenvalue weighted by atomic mass is 32.7. The van der Waals surface area contributed by atoms with Crippen LogP contribution in [0.15, 0.2) is 0 Å². The molecule has 2 fully saturated rings. The lowest BCUT2D eigenvalue weighted by atomic mass is 9.98. The molecule has 1 unspecified atom stereocenters. The van der Waals surface area contributed by atoms with Crippen LogP contribution in [0.4, 0.5) is 0 Å². The average Bonchev–Trinajstić information content (AvgIpc) is 2.43. The zero-order valence-electron chi connectivity index (χ0n) is 6.47. The predicted octanol–water partition coefficient (Wildman–Crippen LogP) is 3.07. The van der Waals surface area contributed by atoms with Gasteiger partial charge in [-0.3, -0.25) is 5.16 Å². The second-order valence-electron chi connectivity index (χ2n) is 3.74. The van der Waals surface area contributed by atoms with Gasteiger partial charge in [0, 0.05) is 0 Å². The van der Waals surface area contributed by atoms with Crippen LogP contribution in [0.1, 0.15) is 32.1 Å². The van der Waals surface area contributed by atoms with Gasteiger partial charge in [0.05, 0.1) is 5.60 Å². The van der Waals surface area contributed by atoms with Crippen molar-refractivity contribution in [2.45, 2.75) is 37.7 Å². The van der Waals surface area contributed by atoms with Crippen molar-refractivity contribution in [2.24, 2.45) is 5.92 Å². The van der Waals surface area contributed by atoms with Crippen LogP contribution in [-0.2, 0) is 4.52 Å². The molecule has 0 amide bonds. The van der Waals surface area contributed by atoms with E-state index in [1.807, 2.05) is 0 Å². The van der Waals surface area contributed by atoms with E-state index in [0.717, 1.165) is 5.92 Å². The van der Waals surface area contributed by atoms with Crippen molar-refractivity contribution < 1.29 is 4.52 Å². The van der Waals surface area contributed by atoms with Crippen LogP contribution in [0.2, 0.25) is 0 Å². The summed E-state index contributed by atoms with van der Waals surface area (Å²) in [5, 5.41) is 7.33. The molecule has 4 heteroatoms. The van der Waals surface area contributed by atoms with Crippen molar-refractivity contribution in [3.05, 3.63) is 0 Å². The molecule has 2 bridgehead atoms. The summed E-state index contributed by atoms with van der Waals surface area (Å²) in [4.78, 5) is 0. The standard InChI is InChI=1S/C7H14NOPS/c8-10(11)9-7-3-1-6(5-7)2-4-7/h6,10H,1-5H2,(H2,8,11). The first kappa shape index (κ1) is 8.15. The topological polar surface area (TPSA) is 33.1 Å². The van der Waals surface area contributed by atoms with Crippen molar-refractivity contribution in [1.29, 1.82) is 5.16 Å². The van der Waals surface area contributed by atoms with Gasteiger partial charge in [0.2, 0.25) is 0 Å². The van der Waals surface area contributed by atoms with Crippen LogP contribution >= 0.6 is 19.4 Å². The lowest BCUT2D eigenvalue weighted by Crippen LogP contribution is -2.22. The molecule has 0 spiro atoms. The largest absolute Gasteiger partial charge is 0.332 e. The quantitative estimate of drug-likeness (QED) is 0.510. The number of hydrogen-bond acceptors (Lipinski definition) is 2. The van der Waals surface area contributed by atoms with Gasteiger partial charge in [0.15, 0.2) is 0 Å². The van der Waals surface area contributed by atoms with Crippen molar-refractivity contribution in [1.82, 2.24) is 0 Å². The Labute approximate surface area is 73.2 Å². The van der Waals surface area contributed by atoms with Crippen LogP contribution in [0.3, 0.4) is 0 Å². The monoisotopic (exact) mass is 191 g/mol. The van der Waals surface area contributed by atoms with Crippen molar-refractivity contribution in [3.8, 4) is 0 Å². The maximum Gasteiger partial charge on any atom is 0.122 e. The zero-order valence-corrected chi connectivity index (χ0v) is 8.36. The van der Waals surface area contributed by atoms with E-state index in [-0.39, 0.29) is 5.60 Å². The van der Waals surface area contributed by atoms with Gasteiger partial charge in [-0.1, -0.05) is 0 Å². The molecule has 1 atom stereocenters. The Morgan fingerprint density at radius 3 is 2.45 bits per heavy atom. The van der Waals surface area contributed by atoms with E-state index in [2.05, 4.69) is 12.2 Å². The number of thiol groups is 1. The second kappa shape index (κ2) is 2.79. The Morgan fingerprint density at radius 1 is 1.45 bits per heavy atom. The molecule has 0 saturated heterocycles. The molecule has 11 heavy (non-hydrogen) atoms. The summed E-state index contributed by atoms with van der Waals surface area (Å²) >= 11 is 4.05. The van der Waals surface area contributed by atoms with Gasteiger partial charge in [-0.25, -0.2) is 0 Å². The highest BCUT2D eigenvalue weighted by molar-refractivity contribution is 8.39.